The first-order valence-corrected chi connectivity index (χ1v) is 8.88. The second-order valence-corrected chi connectivity index (χ2v) is 7.92. The minimum absolute atomic E-state index is 0.0934. The second kappa shape index (κ2) is 6.14. The van der Waals surface area contributed by atoms with Crippen molar-refractivity contribution in [3.05, 3.63) is 0 Å². The van der Waals surface area contributed by atoms with Crippen molar-refractivity contribution in [3.63, 3.8) is 0 Å². The highest BCUT2D eigenvalue weighted by molar-refractivity contribution is 7.90. The fourth-order valence-electron chi connectivity index (χ4n) is 3.33. The standard InChI is InChI=1S/C13H20F3NO3S/c14-13(15,16)11-8-4-3-7-10(11)12(18)17-21(19,20)9-5-1-2-6-9/h9-11H,1-8H2,(H,17,18)/t10-,11-/m0/s1. The highest BCUT2D eigenvalue weighted by atomic mass is 32.2. The molecular weight excluding hydrogens is 307 g/mol. The Kier molecular flexibility index (Phi) is 4.85. The zero-order chi connectivity index (χ0) is 15.7. The highest BCUT2D eigenvalue weighted by Gasteiger charge is 2.48. The van der Waals surface area contributed by atoms with Crippen LogP contribution in [-0.2, 0) is 14.8 Å². The second-order valence-electron chi connectivity index (χ2n) is 5.96. The van der Waals surface area contributed by atoms with Gasteiger partial charge in [0.1, 0.15) is 0 Å². The Labute approximate surface area is 122 Å². The summed E-state index contributed by atoms with van der Waals surface area (Å²) in [5, 5.41) is -0.644. The van der Waals surface area contributed by atoms with Crippen LogP contribution in [0.5, 0.6) is 0 Å². The van der Waals surface area contributed by atoms with E-state index in [9.17, 15) is 26.4 Å². The van der Waals surface area contributed by atoms with Crippen LogP contribution in [0.2, 0.25) is 0 Å². The molecule has 0 aliphatic heterocycles. The Balaban J connectivity index is 2.07. The smallest absolute Gasteiger partial charge is 0.274 e. The number of hydrogen-bond donors (Lipinski definition) is 1. The highest BCUT2D eigenvalue weighted by Crippen LogP contribution is 2.41. The van der Waals surface area contributed by atoms with E-state index in [1.807, 2.05) is 4.72 Å². The molecule has 4 nitrogen and oxygen atoms in total. The van der Waals surface area contributed by atoms with Gasteiger partial charge in [-0.15, -0.1) is 0 Å². The molecule has 0 aromatic carbocycles. The monoisotopic (exact) mass is 327 g/mol. The maximum Gasteiger partial charge on any atom is 0.392 e. The predicted octanol–water partition coefficient (Wildman–Crippen LogP) is 2.74. The van der Waals surface area contributed by atoms with Gasteiger partial charge >= 0.3 is 6.18 Å². The first-order chi connectivity index (χ1) is 9.72. The first-order valence-electron chi connectivity index (χ1n) is 7.34. The molecule has 2 atom stereocenters. The van der Waals surface area contributed by atoms with Crippen LogP contribution >= 0.6 is 0 Å². The Morgan fingerprint density at radius 3 is 2.05 bits per heavy atom. The number of rotatable bonds is 3. The van der Waals surface area contributed by atoms with Crippen LogP contribution in [0.4, 0.5) is 13.2 Å². The van der Waals surface area contributed by atoms with Crippen molar-refractivity contribution in [2.75, 3.05) is 0 Å². The van der Waals surface area contributed by atoms with Gasteiger partial charge in [-0.3, -0.25) is 9.52 Å². The maximum absolute atomic E-state index is 13.0. The first kappa shape index (κ1) is 16.6. The van der Waals surface area contributed by atoms with E-state index in [-0.39, 0.29) is 12.8 Å². The van der Waals surface area contributed by atoms with Crippen LogP contribution in [0, 0.1) is 11.8 Å². The van der Waals surface area contributed by atoms with Gasteiger partial charge in [-0.05, 0) is 25.7 Å². The van der Waals surface area contributed by atoms with Gasteiger partial charge in [-0.25, -0.2) is 8.42 Å². The summed E-state index contributed by atoms with van der Waals surface area (Å²) >= 11 is 0. The lowest BCUT2D eigenvalue weighted by atomic mass is 9.78. The van der Waals surface area contributed by atoms with Crippen LogP contribution < -0.4 is 4.72 Å². The van der Waals surface area contributed by atoms with E-state index in [1.165, 1.54) is 0 Å². The third-order valence-electron chi connectivity index (χ3n) is 4.51. The number of amides is 1. The molecule has 2 saturated carbocycles. The van der Waals surface area contributed by atoms with Gasteiger partial charge < -0.3 is 0 Å². The van der Waals surface area contributed by atoms with E-state index >= 15 is 0 Å². The van der Waals surface area contributed by atoms with Crippen molar-refractivity contribution >= 4 is 15.9 Å². The largest absolute Gasteiger partial charge is 0.392 e. The maximum atomic E-state index is 13.0. The van der Waals surface area contributed by atoms with Crippen molar-refractivity contribution < 1.29 is 26.4 Å². The summed E-state index contributed by atoms with van der Waals surface area (Å²) in [6.45, 7) is 0. The topological polar surface area (TPSA) is 63.2 Å². The summed E-state index contributed by atoms with van der Waals surface area (Å²) in [5.74, 6) is -4.00. The van der Waals surface area contributed by atoms with Gasteiger partial charge in [0, 0.05) is 0 Å². The number of hydrogen-bond acceptors (Lipinski definition) is 3. The number of halogens is 3. The molecule has 2 aliphatic rings. The van der Waals surface area contributed by atoms with Gasteiger partial charge in [0.25, 0.3) is 0 Å². The normalized spacial score (nSPS) is 28.5. The fraction of sp³-hybridized carbons (Fsp3) is 0.923. The van der Waals surface area contributed by atoms with Gasteiger partial charge in [0.2, 0.25) is 15.9 Å². The van der Waals surface area contributed by atoms with Crippen LogP contribution in [0.1, 0.15) is 51.4 Å². The molecule has 0 aromatic heterocycles. The predicted molar refractivity (Wildman–Crippen MR) is 70.8 cm³/mol. The van der Waals surface area contributed by atoms with Crippen molar-refractivity contribution in [2.45, 2.75) is 62.8 Å². The number of nitrogens with one attached hydrogen (secondary N) is 1. The summed E-state index contributed by atoms with van der Waals surface area (Å²) in [7, 11) is -3.84. The number of alkyl halides is 3. The Bertz CT molecular complexity index is 483. The molecule has 0 bridgehead atoms. The molecule has 2 rings (SSSR count). The average molecular weight is 327 g/mol. The molecule has 0 heterocycles. The minimum atomic E-state index is -4.46. The van der Waals surface area contributed by atoms with Gasteiger partial charge in [-0.2, -0.15) is 13.2 Å². The summed E-state index contributed by atoms with van der Waals surface area (Å²) in [6.07, 6.45) is -1.05. The molecule has 0 aromatic rings. The molecule has 122 valence electrons. The number of carbonyl (C=O) groups excluding carboxylic acids is 1. The van der Waals surface area contributed by atoms with E-state index in [1.54, 1.807) is 0 Å². The van der Waals surface area contributed by atoms with Crippen molar-refractivity contribution in [1.29, 1.82) is 0 Å². The average Bonchev–Trinajstić information content (AvgIpc) is 2.92. The Hall–Kier alpha value is -0.790. The van der Waals surface area contributed by atoms with Gasteiger partial charge in [-0.1, -0.05) is 25.7 Å². The lowest BCUT2D eigenvalue weighted by Gasteiger charge is -2.32. The quantitative estimate of drug-likeness (QED) is 0.867. The molecule has 0 unspecified atom stereocenters. The van der Waals surface area contributed by atoms with Crippen LogP contribution in [0.25, 0.3) is 0 Å². The SMILES string of the molecule is O=C(NS(=O)(=O)C1CCCC1)[C@H]1CCCC[C@@H]1C(F)(F)F. The van der Waals surface area contributed by atoms with Gasteiger partial charge in [0.15, 0.2) is 0 Å². The third kappa shape index (κ3) is 3.90. The molecule has 0 radical (unpaired) electrons. The van der Waals surface area contributed by atoms with Crippen LogP contribution in [0.15, 0.2) is 0 Å². The van der Waals surface area contributed by atoms with Crippen LogP contribution in [-0.4, -0.2) is 25.8 Å². The van der Waals surface area contributed by atoms with Crippen molar-refractivity contribution in [1.82, 2.24) is 4.72 Å². The molecule has 0 saturated heterocycles. The van der Waals surface area contributed by atoms with Crippen LogP contribution in [0.3, 0.4) is 0 Å². The fourth-order valence-corrected chi connectivity index (χ4v) is 4.89. The molecule has 1 amide bonds. The Morgan fingerprint density at radius 1 is 0.952 bits per heavy atom. The van der Waals surface area contributed by atoms with Crippen molar-refractivity contribution in [3.8, 4) is 0 Å². The van der Waals surface area contributed by atoms with E-state index in [0.717, 1.165) is 12.8 Å². The lowest BCUT2D eigenvalue weighted by Crippen LogP contribution is -2.46. The Morgan fingerprint density at radius 2 is 1.48 bits per heavy atom. The zero-order valence-corrected chi connectivity index (χ0v) is 12.5. The number of sulfonamides is 1. The molecule has 21 heavy (non-hydrogen) atoms. The summed E-state index contributed by atoms with van der Waals surface area (Å²) in [4.78, 5) is 12.0. The summed E-state index contributed by atoms with van der Waals surface area (Å²) in [6, 6.07) is 0. The molecular formula is C13H20F3NO3S. The molecule has 2 fully saturated rings. The van der Waals surface area contributed by atoms with Crippen molar-refractivity contribution in [2.24, 2.45) is 11.8 Å². The van der Waals surface area contributed by atoms with E-state index in [0.29, 0.717) is 25.7 Å². The molecule has 0 spiro atoms. The minimum Gasteiger partial charge on any atom is -0.274 e. The van der Waals surface area contributed by atoms with E-state index in [2.05, 4.69) is 0 Å². The van der Waals surface area contributed by atoms with E-state index in [4.69, 9.17) is 0 Å². The zero-order valence-electron chi connectivity index (χ0n) is 11.7. The van der Waals surface area contributed by atoms with E-state index < -0.39 is 39.2 Å². The third-order valence-corrected chi connectivity index (χ3v) is 6.34. The molecule has 8 heteroatoms. The van der Waals surface area contributed by atoms with Gasteiger partial charge in [0.05, 0.1) is 17.1 Å². The lowest BCUT2D eigenvalue weighted by molar-refractivity contribution is -0.197. The number of carbonyl (C=O) groups is 1. The summed E-state index contributed by atoms with van der Waals surface area (Å²) < 4.78 is 64.8. The molecule has 2 aliphatic carbocycles. The molecule has 1 N–H and O–H groups in total. The summed E-state index contributed by atoms with van der Waals surface area (Å²) in [5.41, 5.74) is 0.